The molecule has 0 aliphatic rings. The number of carbonyl (C=O) groups is 2. The summed E-state index contributed by atoms with van der Waals surface area (Å²) in [7, 11) is 1.53. The van der Waals surface area contributed by atoms with E-state index in [4.69, 9.17) is 0 Å². The molecule has 2 amide bonds. The van der Waals surface area contributed by atoms with Crippen LogP contribution in [0.5, 0.6) is 0 Å². The SMILES string of the molecule is CNC(=O)c1ccccc1C#CCNC(=O)c1cccc([N+](=O)[O-])c1. The smallest absolute Gasteiger partial charge is 0.270 e. The second-order valence-electron chi connectivity index (χ2n) is 4.92. The average Bonchev–Trinajstić information content (AvgIpc) is 2.64. The summed E-state index contributed by atoms with van der Waals surface area (Å²) in [5, 5.41) is 15.8. The predicted molar refractivity (Wildman–Crippen MR) is 92.1 cm³/mol. The molecule has 7 nitrogen and oxygen atoms in total. The number of nitro groups is 1. The lowest BCUT2D eigenvalue weighted by Gasteiger charge is -2.02. The highest BCUT2D eigenvalue weighted by molar-refractivity contribution is 5.96. The number of carbonyl (C=O) groups excluding carboxylic acids is 2. The molecule has 2 rings (SSSR count). The van der Waals surface area contributed by atoms with E-state index in [1.807, 2.05) is 0 Å². The van der Waals surface area contributed by atoms with Crippen molar-refractivity contribution in [3.63, 3.8) is 0 Å². The van der Waals surface area contributed by atoms with Gasteiger partial charge < -0.3 is 10.6 Å². The molecule has 0 fully saturated rings. The molecular formula is C18H15N3O4. The molecule has 0 aliphatic heterocycles. The Morgan fingerprint density at radius 1 is 1.12 bits per heavy atom. The van der Waals surface area contributed by atoms with Gasteiger partial charge in [-0.25, -0.2) is 0 Å². The van der Waals surface area contributed by atoms with Crippen LogP contribution in [0.15, 0.2) is 48.5 Å². The highest BCUT2D eigenvalue weighted by Crippen LogP contribution is 2.12. The quantitative estimate of drug-likeness (QED) is 0.504. The second kappa shape index (κ2) is 8.26. The summed E-state index contributed by atoms with van der Waals surface area (Å²) in [5.74, 6) is 4.89. The van der Waals surface area contributed by atoms with E-state index in [9.17, 15) is 19.7 Å². The molecular weight excluding hydrogens is 322 g/mol. The van der Waals surface area contributed by atoms with E-state index in [1.54, 1.807) is 24.3 Å². The highest BCUT2D eigenvalue weighted by Gasteiger charge is 2.10. The third kappa shape index (κ3) is 4.65. The first kappa shape index (κ1) is 17.7. The van der Waals surface area contributed by atoms with Gasteiger partial charge in [0.25, 0.3) is 17.5 Å². The van der Waals surface area contributed by atoms with Crippen molar-refractivity contribution in [2.45, 2.75) is 0 Å². The standard InChI is InChI=1S/C18H15N3O4/c1-19-18(23)16-10-3-2-6-13(16)8-5-11-20-17(22)14-7-4-9-15(12-14)21(24)25/h2-4,6-7,9-10,12H,11H2,1H3,(H,19,23)(H,20,22). The molecule has 7 heteroatoms. The van der Waals surface area contributed by atoms with Crippen LogP contribution in [0.3, 0.4) is 0 Å². The van der Waals surface area contributed by atoms with Crippen LogP contribution in [0.1, 0.15) is 26.3 Å². The number of nitrogens with zero attached hydrogens (tertiary/aromatic N) is 1. The topological polar surface area (TPSA) is 101 Å². The lowest BCUT2D eigenvalue weighted by molar-refractivity contribution is -0.384. The molecule has 0 aliphatic carbocycles. The second-order valence-corrected chi connectivity index (χ2v) is 4.92. The first-order chi connectivity index (χ1) is 12.0. The number of non-ortho nitro benzene ring substituents is 1. The van der Waals surface area contributed by atoms with E-state index in [0.717, 1.165) is 0 Å². The summed E-state index contributed by atoms with van der Waals surface area (Å²) in [6.07, 6.45) is 0. The minimum Gasteiger partial charge on any atom is -0.355 e. The van der Waals surface area contributed by atoms with Crippen molar-refractivity contribution >= 4 is 17.5 Å². The van der Waals surface area contributed by atoms with Gasteiger partial charge in [-0.05, 0) is 18.2 Å². The number of hydrogen-bond acceptors (Lipinski definition) is 4. The van der Waals surface area contributed by atoms with Crippen LogP contribution in [-0.4, -0.2) is 30.3 Å². The van der Waals surface area contributed by atoms with Crippen LogP contribution in [0.2, 0.25) is 0 Å². The van der Waals surface area contributed by atoms with E-state index in [1.165, 1.54) is 31.3 Å². The van der Waals surface area contributed by atoms with Gasteiger partial charge in [0.1, 0.15) is 0 Å². The van der Waals surface area contributed by atoms with E-state index in [2.05, 4.69) is 22.5 Å². The number of rotatable bonds is 4. The number of amides is 2. The largest absolute Gasteiger partial charge is 0.355 e. The Morgan fingerprint density at radius 3 is 2.60 bits per heavy atom. The minimum atomic E-state index is -0.563. The molecule has 25 heavy (non-hydrogen) atoms. The van der Waals surface area contributed by atoms with Gasteiger partial charge in [0, 0.05) is 30.3 Å². The molecule has 2 aromatic rings. The molecule has 0 radical (unpaired) electrons. The number of nitro benzene ring substituents is 1. The summed E-state index contributed by atoms with van der Waals surface area (Å²) < 4.78 is 0. The fourth-order valence-corrected chi connectivity index (χ4v) is 2.05. The molecule has 0 saturated carbocycles. The predicted octanol–water partition coefficient (Wildman–Crippen LogP) is 1.74. The number of nitrogens with one attached hydrogen (secondary N) is 2. The fraction of sp³-hybridized carbons (Fsp3) is 0.111. The fourth-order valence-electron chi connectivity index (χ4n) is 2.05. The van der Waals surface area contributed by atoms with Gasteiger partial charge in [0.05, 0.1) is 17.0 Å². The number of hydrogen-bond donors (Lipinski definition) is 2. The lowest BCUT2D eigenvalue weighted by Crippen LogP contribution is -2.23. The maximum absolute atomic E-state index is 12.0. The first-order valence-electron chi connectivity index (χ1n) is 7.35. The van der Waals surface area contributed by atoms with Crippen molar-refractivity contribution in [1.29, 1.82) is 0 Å². The molecule has 0 heterocycles. The van der Waals surface area contributed by atoms with Crippen molar-refractivity contribution in [3.05, 3.63) is 75.3 Å². The van der Waals surface area contributed by atoms with Crippen LogP contribution >= 0.6 is 0 Å². The van der Waals surface area contributed by atoms with Gasteiger partial charge in [0.15, 0.2) is 0 Å². The molecule has 0 unspecified atom stereocenters. The van der Waals surface area contributed by atoms with Gasteiger partial charge in [-0.3, -0.25) is 19.7 Å². The Labute approximate surface area is 144 Å². The van der Waals surface area contributed by atoms with Gasteiger partial charge in [0.2, 0.25) is 0 Å². The summed E-state index contributed by atoms with van der Waals surface area (Å²) >= 11 is 0. The minimum absolute atomic E-state index is 0.0452. The normalized spacial score (nSPS) is 9.48. The van der Waals surface area contributed by atoms with Crippen LogP contribution in [0.25, 0.3) is 0 Å². The third-order valence-electron chi connectivity index (χ3n) is 3.28. The summed E-state index contributed by atoms with van der Waals surface area (Å²) in [6, 6.07) is 12.3. The van der Waals surface area contributed by atoms with Crippen molar-refractivity contribution < 1.29 is 14.5 Å². The molecule has 0 spiro atoms. The van der Waals surface area contributed by atoms with Crippen molar-refractivity contribution in [1.82, 2.24) is 10.6 Å². The van der Waals surface area contributed by atoms with Gasteiger partial charge >= 0.3 is 0 Å². The van der Waals surface area contributed by atoms with Crippen LogP contribution < -0.4 is 10.6 Å². The average molecular weight is 337 g/mol. The maximum Gasteiger partial charge on any atom is 0.270 e. The molecule has 0 bridgehead atoms. The lowest BCUT2D eigenvalue weighted by atomic mass is 10.1. The molecule has 126 valence electrons. The van der Waals surface area contributed by atoms with Crippen molar-refractivity contribution in [2.75, 3.05) is 13.6 Å². The van der Waals surface area contributed by atoms with E-state index < -0.39 is 10.8 Å². The van der Waals surface area contributed by atoms with E-state index >= 15 is 0 Å². The van der Waals surface area contributed by atoms with Gasteiger partial charge in [-0.2, -0.15) is 0 Å². The molecule has 0 saturated heterocycles. The van der Waals surface area contributed by atoms with Gasteiger partial charge in [-0.15, -0.1) is 0 Å². The molecule has 2 N–H and O–H groups in total. The summed E-state index contributed by atoms with van der Waals surface area (Å²) in [5.41, 5.74) is 1.02. The monoisotopic (exact) mass is 337 g/mol. The molecule has 2 aromatic carbocycles. The van der Waals surface area contributed by atoms with Crippen LogP contribution in [0, 0.1) is 22.0 Å². The van der Waals surface area contributed by atoms with Crippen molar-refractivity contribution in [3.8, 4) is 11.8 Å². The third-order valence-corrected chi connectivity index (χ3v) is 3.28. The van der Waals surface area contributed by atoms with E-state index in [-0.39, 0.29) is 23.7 Å². The number of benzene rings is 2. The zero-order chi connectivity index (χ0) is 18.2. The molecule has 0 atom stereocenters. The first-order valence-corrected chi connectivity index (χ1v) is 7.35. The Morgan fingerprint density at radius 2 is 1.88 bits per heavy atom. The summed E-state index contributed by atoms with van der Waals surface area (Å²) in [6.45, 7) is 0.0452. The van der Waals surface area contributed by atoms with Crippen LogP contribution in [-0.2, 0) is 0 Å². The zero-order valence-corrected chi connectivity index (χ0v) is 13.4. The van der Waals surface area contributed by atoms with Crippen molar-refractivity contribution in [2.24, 2.45) is 0 Å². The molecule has 0 aromatic heterocycles. The van der Waals surface area contributed by atoms with E-state index in [0.29, 0.717) is 11.1 Å². The Bertz CT molecular complexity index is 881. The zero-order valence-electron chi connectivity index (χ0n) is 13.4. The van der Waals surface area contributed by atoms with Gasteiger partial charge in [-0.1, -0.05) is 30.0 Å². The Kier molecular flexibility index (Phi) is 5.85. The maximum atomic E-state index is 12.0. The van der Waals surface area contributed by atoms with Crippen LogP contribution in [0.4, 0.5) is 5.69 Å². The summed E-state index contributed by atoms with van der Waals surface area (Å²) in [4.78, 5) is 33.9. The Balaban J connectivity index is 2.04. The Hall–Kier alpha value is -3.66. The highest BCUT2D eigenvalue weighted by atomic mass is 16.6.